The number of benzene rings is 3. The van der Waals surface area contributed by atoms with Crippen molar-refractivity contribution in [1.29, 1.82) is 5.26 Å². The number of nitriles is 1. The number of carbonyl (C=O) groups excluding carboxylic acids is 1. The van der Waals surface area contributed by atoms with Gasteiger partial charge in [-0.2, -0.15) is 5.26 Å². The van der Waals surface area contributed by atoms with Gasteiger partial charge in [0.1, 0.15) is 11.8 Å². The minimum atomic E-state index is -0.936. The van der Waals surface area contributed by atoms with Crippen LogP contribution in [0.25, 0.3) is 11.1 Å². The second-order valence-corrected chi connectivity index (χ2v) is 7.27. The zero-order chi connectivity index (χ0) is 22.1. The summed E-state index contributed by atoms with van der Waals surface area (Å²) < 4.78 is 5.34. The molecule has 3 aromatic carbocycles. The van der Waals surface area contributed by atoms with Gasteiger partial charge in [0.15, 0.2) is 0 Å². The number of carbonyl (C=O) groups is 2. The number of anilines is 3. The fourth-order valence-corrected chi connectivity index (χ4v) is 3.69. The van der Waals surface area contributed by atoms with E-state index in [1.165, 1.54) is 7.11 Å². The van der Waals surface area contributed by atoms with Crippen LogP contribution < -0.4 is 15.4 Å². The molecule has 0 atom stereocenters. The normalized spacial score (nSPS) is 11.8. The third-order valence-electron chi connectivity index (χ3n) is 5.20. The van der Waals surface area contributed by atoms with Gasteiger partial charge in [-0.1, -0.05) is 12.1 Å². The molecule has 1 aliphatic heterocycles. The van der Waals surface area contributed by atoms with Crippen molar-refractivity contribution in [2.24, 2.45) is 0 Å². The molecule has 1 heterocycles. The van der Waals surface area contributed by atoms with Crippen LogP contribution in [0.5, 0.6) is 5.75 Å². The average Bonchev–Trinajstić information content (AvgIpc) is 2.88. The van der Waals surface area contributed by atoms with Crippen molar-refractivity contribution in [3.05, 3.63) is 70.8 Å². The van der Waals surface area contributed by atoms with Gasteiger partial charge in [0.05, 0.1) is 41.7 Å². The monoisotopic (exact) mass is 413 g/mol. The number of rotatable bonds is 4. The predicted molar refractivity (Wildman–Crippen MR) is 117 cm³/mol. The molecule has 0 aliphatic carbocycles. The lowest BCUT2D eigenvalue weighted by Gasteiger charge is -2.14. The Labute approximate surface area is 178 Å². The van der Waals surface area contributed by atoms with Crippen molar-refractivity contribution in [2.45, 2.75) is 13.3 Å². The first-order valence-electron chi connectivity index (χ1n) is 9.56. The van der Waals surface area contributed by atoms with Crippen LogP contribution in [0.3, 0.4) is 0 Å². The lowest BCUT2D eigenvalue weighted by molar-refractivity contribution is -0.136. The first-order valence-corrected chi connectivity index (χ1v) is 9.56. The molecule has 1 aliphatic rings. The minimum Gasteiger partial charge on any atom is -0.495 e. The van der Waals surface area contributed by atoms with E-state index >= 15 is 0 Å². The Bertz CT molecular complexity index is 1270. The quantitative estimate of drug-likeness (QED) is 0.582. The molecular weight excluding hydrogens is 394 g/mol. The van der Waals surface area contributed by atoms with E-state index in [0.29, 0.717) is 39.5 Å². The first kappa shape index (κ1) is 20.0. The summed E-state index contributed by atoms with van der Waals surface area (Å²) in [5.41, 5.74) is 6.02. The van der Waals surface area contributed by atoms with Crippen LogP contribution in [-0.2, 0) is 11.2 Å². The third kappa shape index (κ3) is 3.79. The zero-order valence-electron chi connectivity index (χ0n) is 16.9. The van der Waals surface area contributed by atoms with Gasteiger partial charge in [0.25, 0.3) is 5.91 Å². The molecular formula is C24H19N3O4. The van der Waals surface area contributed by atoms with E-state index in [0.717, 1.165) is 16.7 Å². The van der Waals surface area contributed by atoms with E-state index in [1.807, 2.05) is 25.1 Å². The number of methoxy groups -OCH3 is 1. The summed E-state index contributed by atoms with van der Waals surface area (Å²) in [4.78, 5) is 23.8. The van der Waals surface area contributed by atoms with Gasteiger partial charge in [0, 0.05) is 0 Å². The summed E-state index contributed by atoms with van der Waals surface area (Å²) in [6, 6.07) is 16.3. The molecule has 154 valence electrons. The fraction of sp³-hybridized carbons (Fsp3) is 0.125. The van der Waals surface area contributed by atoms with Gasteiger partial charge >= 0.3 is 5.97 Å². The smallest absolute Gasteiger partial charge is 0.307 e. The number of ether oxygens (including phenoxy) is 1. The number of nitrogens with one attached hydrogen (secondary N) is 2. The van der Waals surface area contributed by atoms with E-state index < -0.39 is 5.97 Å². The number of aliphatic carboxylic acids is 1. The van der Waals surface area contributed by atoms with Gasteiger partial charge < -0.3 is 20.5 Å². The third-order valence-corrected chi connectivity index (χ3v) is 5.20. The Morgan fingerprint density at radius 2 is 1.84 bits per heavy atom. The largest absolute Gasteiger partial charge is 0.495 e. The summed E-state index contributed by atoms with van der Waals surface area (Å²) in [5.74, 6) is -0.733. The number of carboxylic acid groups (broad SMARTS) is 1. The van der Waals surface area contributed by atoms with Gasteiger partial charge in [-0.25, -0.2) is 0 Å². The molecule has 3 aromatic rings. The summed E-state index contributed by atoms with van der Waals surface area (Å²) >= 11 is 0. The number of amides is 1. The molecule has 0 bridgehead atoms. The summed E-state index contributed by atoms with van der Waals surface area (Å²) in [6.45, 7) is 1.92. The summed E-state index contributed by atoms with van der Waals surface area (Å²) in [7, 11) is 1.52. The topological polar surface area (TPSA) is 111 Å². The number of carboxylic acids is 1. The molecule has 4 rings (SSSR count). The highest BCUT2D eigenvalue weighted by Crippen LogP contribution is 2.37. The van der Waals surface area contributed by atoms with Gasteiger partial charge in [-0.15, -0.1) is 0 Å². The fourth-order valence-electron chi connectivity index (χ4n) is 3.69. The molecule has 0 fully saturated rings. The van der Waals surface area contributed by atoms with E-state index in [2.05, 4.69) is 16.7 Å². The van der Waals surface area contributed by atoms with E-state index in [-0.39, 0.29) is 12.3 Å². The van der Waals surface area contributed by atoms with Gasteiger partial charge in [0.2, 0.25) is 0 Å². The number of fused-ring (bicyclic) bond motifs is 2. The molecule has 1 amide bonds. The van der Waals surface area contributed by atoms with Crippen molar-refractivity contribution >= 4 is 28.9 Å². The maximum atomic E-state index is 12.8. The molecule has 7 nitrogen and oxygen atoms in total. The summed E-state index contributed by atoms with van der Waals surface area (Å²) in [6.07, 6.45) is -0.125. The van der Waals surface area contributed by atoms with Crippen LogP contribution >= 0.6 is 0 Å². The molecule has 31 heavy (non-hydrogen) atoms. The van der Waals surface area contributed by atoms with Crippen LogP contribution in [0.2, 0.25) is 0 Å². The maximum Gasteiger partial charge on any atom is 0.307 e. The lowest BCUT2D eigenvalue weighted by atomic mass is 9.96. The Morgan fingerprint density at radius 1 is 1.03 bits per heavy atom. The molecule has 0 saturated heterocycles. The van der Waals surface area contributed by atoms with Crippen molar-refractivity contribution in [3.63, 3.8) is 0 Å². The number of nitrogens with zero attached hydrogens (tertiary/aromatic N) is 1. The Balaban J connectivity index is 1.77. The second-order valence-electron chi connectivity index (χ2n) is 7.27. The molecule has 7 heteroatoms. The molecule has 0 saturated carbocycles. The molecule has 3 N–H and O–H groups in total. The van der Waals surface area contributed by atoms with Crippen molar-refractivity contribution in [3.8, 4) is 22.9 Å². The van der Waals surface area contributed by atoms with Crippen LogP contribution in [0.1, 0.15) is 27.0 Å². The highest BCUT2D eigenvalue weighted by Gasteiger charge is 2.21. The standard InChI is InChI=1S/C24H19N3O4/c1-13-7-16(12-25)22(31-2)11-18(13)15-4-5-17-20(10-15)26-19-6-3-14(9-23(28)29)8-21(19)27-24(17)30/h3-8,10-11,26H,9H2,1-2H3,(H,27,30)(H,28,29). The van der Waals surface area contributed by atoms with Crippen LogP contribution in [0, 0.1) is 18.3 Å². The van der Waals surface area contributed by atoms with E-state index in [9.17, 15) is 14.9 Å². The van der Waals surface area contributed by atoms with Crippen molar-refractivity contribution < 1.29 is 19.4 Å². The number of aryl methyl sites for hydroxylation is 1. The van der Waals surface area contributed by atoms with E-state index in [1.54, 1.807) is 30.3 Å². The van der Waals surface area contributed by atoms with E-state index in [4.69, 9.17) is 9.84 Å². The number of hydrogen-bond donors (Lipinski definition) is 3. The Morgan fingerprint density at radius 3 is 2.55 bits per heavy atom. The SMILES string of the molecule is COc1cc(-c2ccc3c(c2)Nc2ccc(CC(=O)O)cc2NC3=O)c(C)cc1C#N. The highest BCUT2D eigenvalue weighted by molar-refractivity contribution is 6.12. The Hall–Kier alpha value is -4.31. The zero-order valence-corrected chi connectivity index (χ0v) is 16.9. The van der Waals surface area contributed by atoms with Crippen LogP contribution in [0.15, 0.2) is 48.5 Å². The first-order chi connectivity index (χ1) is 14.9. The minimum absolute atomic E-state index is 0.125. The Kier molecular flexibility index (Phi) is 5.05. The molecule has 0 aromatic heterocycles. The molecule has 0 radical (unpaired) electrons. The molecule has 0 spiro atoms. The maximum absolute atomic E-state index is 12.8. The average molecular weight is 413 g/mol. The second kappa shape index (κ2) is 7.84. The van der Waals surface area contributed by atoms with Gasteiger partial charge in [-0.3, -0.25) is 9.59 Å². The lowest BCUT2D eigenvalue weighted by Crippen LogP contribution is -2.11. The van der Waals surface area contributed by atoms with Crippen LogP contribution in [-0.4, -0.2) is 24.1 Å². The van der Waals surface area contributed by atoms with Crippen molar-refractivity contribution in [1.82, 2.24) is 0 Å². The number of hydrogen-bond acceptors (Lipinski definition) is 5. The highest BCUT2D eigenvalue weighted by atomic mass is 16.5. The summed E-state index contributed by atoms with van der Waals surface area (Å²) in [5, 5.41) is 24.4. The predicted octanol–water partition coefficient (Wildman–Crippen LogP) is 4.48. The van der Waals surface area contributed by atoms with Crippen LogP contribution in [0.4, 0.5) is 17.1 Å². The molecule has 0 unspecified atom stereocenters. The van der Waals surface area contributed by atoms with Crippen molar-refractivity contribution in [2.75, 3.05) is 17.7 Å². The van der Waals surface area contributed by atoms with Gasteiger partial charge in [-0.05, 0) is 65.6 Å².